The molecule has 0 bridgehead atoms. The van der Waals surface area contributed by atoms with E-state index >= 15 is 0 Å². The number of aryl methyl sites for hydroxylation is 1. The van der Waals surface area contributed by atoms with E-state index in [1.54, 1.807) is 7.11 Å². The molecule has 1 N–H and O–H groups in total. The monoisotopic (exact) mass is 287 g/mol. The molecule has 1 heterocycles. The van der Waals surface area contributed by atoms with Crippen molar-refractivity contribution >= 4 is 0 Å². The van der Waals surface area contributed by atoms with E-state index in [2.05, 4.69) is 45.1 Å². The number of hydrogen-bond acceptors (Lipinski definition) is 5. The summed E-state index contributed by atoms with van der Waals surface area (Å²) >= 11 is 0. The van der Waals surface area contributed by atoms with Gasteiger partial charge < -0.3 is 10.1 Å². The highest BCUT2D eigenvalue weighted by molar-refractivity contribution is 5.30. The van der Waals surface area contributed by atoms with Crippen molar-refractivity contribution in [2.45, 2.75) is 31.8 Å². The van der Waals surface area contributed by atoms with Crippen LogP contribution in [-0.4, -0.2) is 40.5 Å². The van der Waals surface area contributed by atoms with Crippen molar-refractivity contribution in [2.75, 3.05) is 20.3 Å². The number of aromatic nitrogens is 4. The first kappa shape index (κ1) is 14.2. The van der Waals surface area contributed by atoms with Crippen molar-refractivity contribution in [1.82, 2.24) is 25.5 Å². The zero-order chi connectivity index (χ0) is 14.5. The second kappa shape index (κ2) is 6.78. The van der Waals surface area contributed by atoms with E-state index in [0.29, 0.717) is 19.2 Å². The van der Waals surface area contributed by atoms with Gasteiger partial charge in [0.15, 0.2) is 5.82 Å². The lowest BCUT2D eigenvalue weighted by Gasteiger charge is -2.25. The van der Waals surface area contributed by atoms with E-state index in [-0.39, 0.29) is 0 Å². The molecule has 112 valence electrons. The first-order chi connectivity index (χ1) is 10.4. The maximum absolute atomic E-state index is 5.03. The maximum Gasteiger partial charge on any atom is 0.165 e. The van der Waals surface area contributed by atoms with Crippen molar-refractivity contribution in [1.29, 1.82) is 0 Å². The Hall–Kier alpha value is -1.79. The molecule has 1 unspecified atom stereocenters. The highest BCUT2D eigenvalue weighted by Crippen LogP contribution is 2.28. The lowest BCUT2D eigenvalue weighted by molar-refractivity contribution is 0.198. The van der Waals surface area contributed by atoms with Gasteiger partial charge in [0.05, 0.1) is 19.2 Å². The number of nitrogens with zero attached hydrogens (tertiary/aromatic N) is 4. The Labute approximate surface area is 124 Å². The lowest BCUT2D eigenvalue weighted by Crippen LogP contribution is -2.25. The van der Waals surface area contributed by atoms with Crippen molar-refractivity contribution in [3.05, 3.63) is 41.2 Å². The lowest BCUT2D eigenvalue weighted by atomic mass is 9.88. The van der Waals surface area contributed by atoms with Gasteiger partial charge in [-0.1, -0.05) is 24.3 Å². The van der Waals surface area contributed by atoms with E-state index in [4.69, 9.17) is 4.74 Å². The van der Waals surface area contributed by atoms with E-state index in [9.17, 15) is 0 Å². The second-order valence-electron chi connectivity index (χ2n) is 5.37. The van der Waals surface area contributed by atoms with Crippen LogP contribution in [-0.2, 0) is 24.1 Å². The Kier molecular flexibility index (Phi) is 4.57. The summed E-state index contributed by atoms with van der Waals surface area (Å²) in [4.78, 5) is 0. The molecule has 0 radical (unpaired) electrons. The van der Waals surface area contributed by atoms with Gasteiger partial charge in [-0.15, -0.1) is 5.10 Å². The zero-order valence-electron chi connectivity index (χ0n) is 12.3. The summed E-state index contributed by atoms with van der Waals surface area (Å²) in [6.45, 7) is 2.17. The van der Waals surface area contributed by atoms with Crippen LogP contribution >= 0.6 is 0 Å². The maximum atomic E-state index is 5.03. The summed E-state index contributed by atoms with van der Waals surface area (Å²) in [6, 6.07) is 9.00. The molecule has 1 aliphatic rings. The molecule has 0 spiro atoms. The van der Waals surface area contributed by atoms with Crippen LogP contribution in [0.15, 0.2) is 24.3 Å². The molecule has 21 heavy (non-hydrogen) atoms. The number of rotatable bonds is 6. The normalized spacial score (nSPS) is 17.7. The van der Waals surface area contributed by atoms with E-state index in [1.807, 2.05) is 4.68 Å². The van der Waals surface area contributed by atoms with Crippen LogP contribution in [0, 0.1) is 0 Å². The Morgan fingerprint density at radius 2 is 2.19 bits per heavy atom. The smallest absolute Gasteiger partial charge is 0.165 e. The van der Waals surface area contributed by atoms with Crippen molar-refractivity contribution in [2.24, 2.45) is 0 Å². The second-order valence-corrected chi connectivity index (χ2v) is 5.37. The molecule has 3 rings (SSSR count). The molecule has 1 aromatic carbocycles. The zero-order valence-corrected chi connectivity index (χ0v) is 12.3. The van der Waals surface area contributed by atoms with E-state index in [0.717, 1.165) is 31.6 Å². The number of hydrogen-bond donors (Lipinski definition) is 1. The standard InChI is InChI=1S/C15H21N5O/c1-21-9-8-16-11-15-17-18-19-20(15)14-7-6-12-4-2-3-5-13(12)10-14/h2-5,14,16H,6-11H2,1H3. The third-order valence-electron chi connectivity index (χ3n) is 3.99. The molecule has 6 nitrogen and oxygen atoms in total. The largest absolute Gasteiger partial charge is 0.383 e. The van der Waals surface area contributed by atoms with Crippen LogP contribution < -0.4 is 5.32 Å². The molecule has 0 fully saturated rings. The Morgan fingerprint density at radius 1 is 1.33 bits per heavy atom. The third kappa shape index (κ3) is 3.28. The minimum atomic E-state index is 0.356. The predicted molar refractivity (Wildman–Crippen MR) is 78.9 cm³/mol. The summed E-state index contributed by atoms with van der Waals surface area (Å²) in [7, 11) is 1.70. The highest BCUT2D eigenvalue weighted by Gasteiger charge is 2.22. The first-order valence-electron chi connectivity index (χ1n) is 7.41. The third-order valence-corrected chi connectivity index (χ3v) is 3.99. The highest BCUT2D eigenvalue weighted by atomic mass is 16.5. The number of tetrazole rings is 1. The van der Waals surface area contributed by atoms with Gasteiger partial charge in [-0.25, -0.2) is 4.68 Å². The SMILES string of the molecule is COCCNCc1nnnn1C1CCc2ccccc2C1. The molecule has 1 atom stereocenters. The first-order valence-corrected chi connectivity index (χ1v) is 7.41. The van der Waals surface area contributed by atoms with Gasteiger partial charge in [0.25, 0.3) is 0 Å². The van der Waals surface area contributed by atoms with Crippen LogP contribution in [0.4, 0.5) is 0 Å². The van der Waals surface area contributed by atoms with Crippen LogP contribution in [0.2, 0.25) is 0 Å². The van der Waals surface area contributed by atoms with E-state index < -0.39 is 0 Å². The van der Waals surface area contributed by atoms with Gasteiger partial charge in [0, 0.05) is 13.7 Å². The molecule has 0 amide bonds. The molecule has 1 aliphatic carbocycles. The Morgan fingerprint density at radius 3 is 3.05 bits per heavy atom. The quantitative estimate of drug-likeness (QED) is 0.807. The van der Waals surface area contributed by atoms with Gasteiger partial charge in [-0.3, -0.25) is 0 Å². The van der Waals surface area contributed by atoms with Crippen LogP contribution in [0.5, 0.6) is 0 Å². The average Bonchev–Trinajstić information content (AvgIpc) is 2.99. The summed E-state index contributed by atoms with van der Waals surface area (Å²) in [5, 5.41) is 15.5. The topological polar surface area (TPSA) is 64.9 Å². The van der Waals surface area contributed by atoms with Crippen molar-refractivity contribution < 1.29 is 4.74 Å². The van der Waals surface area contributed by atoms with Crippen LogP contribution in [0.1, 0.15) is 29.4 Å². The predicted octanol–water partition coefficient (Wildman–Crippen LogP) is 1.14. The Balaban J connectivity index is 1.67. The van der Waals surface area contributed by atoms with Crippen LogP contribution in [0.3, 0.4) is 0 Å². The summed E-state index contributed by atoms with van der Waals surface area (Å²) in [5.41, 5.74) is 2.88. The van der Waals surface area contributed by atoms with Gasteiger partial charge in [-0.05, 0) is 40.8 Å². The van der Waals surface area contributed by atoms with Gasteiger partial charge >= 0.3 is 0 Å². The summed E-state index contributed by atoms with van der Waals surface area (Å²) in [6.07, 6.45) is 3.19. The van der Waals surface area contributed by atoms with Gasteiger partial charge in [-0.2, -0.15) is 0 Å². The van der Waals surface area contributed by atoms with Crippen LogP contribution in [0.25, 0.3) is 0 Å². The molecular formula is C15H21N5O. The number of fused-ring (bicyclic) bond motifs is 1. The number of nitrogens with one attached hydrogen (secondary N) is 1. The summed E-state index contributed by atoms with van der Waals surface area (Å²) in [5.74, 6) is 0.899. The van der Waals surface area contributed by atoms with Crippen molar-refractivity contribution in [3.8, 4) is 0 Å². The number of ether oxygens (including phenoxy) is 1. The Bertz CT molecular complexity index is 583. The molecule has 1 aromatic heterocycles. The fourth-order valence-corrected chi connectivity index (χ4v) is 2.87. The fraction of sp³-hybridized carbons (Fsp3) is 0.533. The molecular weight excluding hydrogens is 266 g/mol. The molecule has 2 aromatic rings. The van der Waals surface area contributed by atoms with Gasteiger partial charge in [0.2, 0.25) is 0 Å². The number of benzene rings is 1. The average molecular weight is 287 g/mol. The molecule has 6 heteroatoms. The fourth-order valence-electron chi connectivity index (χ4n) is 2.87. The van der Waals surface area contributed by atoms with Gasteiger partial charge in [0.1, 0.15) is 0 Å². The molecule has 0 aliphatic heterocycles. The van der Waals surface area contributed by atoms with Crippen molar-refractivity contribution in [3.63, 3.8) is 0 Å². The number of methoxy groups -OCH3 is 1. The molecule has 0 saturated carbocycles. The minimum Gasteiger partial charge on any atom is -0.383 e. The minimum absolute atomic E-state index is 0.356. The van der Waals surface area contributed by atoms with E-state index in [1.165, 1.54) is 11.1 Å². The summed E-state index contributed by atoms with van der Waals surface area (Å²) < 4.78 is 7.01. The molecule has 0 saturated heterocycles.